The summed E-state index contributed by atoms with van der Waals surface area (Å²) >= 11 is 0. The summed E-state index contributed by atoms with van der Waals surface area (Å²) in [6, 6.07) is 3.65. The Labute approximate surface area is 117 Å². The molecule has 1 aliphatic carbocycles. The van der Waals surface area contributed by atoms with Gasteiger partial charge in [-0.25, -0.2) is 13.6 Å². The number of nitrogens with two attached hydrogens (primary N) is 1. The van der Waals surface area contributed by atoms with Crippen LogP contribution in [0, 0.1) is 15.5 Å². The minimum absolute atomic E-state index is 0.220. The number of hydrogen-bond acceptors (Lipinski definition) is 5. The first kappa shape index (κ1) is 14.7. The Hall–Kier alpha value is -1.67. The van der Waals surface area contributed by atoms with Crippen LogP contribution in [-0.2, 0) is 10.0 Å². The Kier molecular flexibility index (Phi) is 3.70. The average Bonchev–Trinajstić information content (AvgIpc) is 3.15. The maximum absolute atomic E-state index is 11.6. The number of nitro benzene ring substituents is 1. The van der Waals surface area contributed by atoms with Gasteiger partial charge in [-0.15, -0.1) is 0 Å². The molecule has 0 radical (unpaired) electrons. The highest BCUT2D eigenvalue weighted by Gasteiger charge is 2.40. The Morgan fingerprint density at radius 3 is 2.55 bits per heavy atom. The van der Waals surface area contributed by atoms with Gasteiger partial charge in [-0.1, -0.05) is 6.92 Å². The Bertz CT molecular complexity index is 638. The van der Waals surface area contributed by atoms with Crippen molar-refractivity contribution in [2.75, 3.05) is 11.9 Å². The van der Waals surface area contributed by atoms with Gasteiger partial charge in [0.1, 0.15) is 4.90 Å². The zero-order chi connectivity index (χ0) is 15.0. The SMILES string of the molecule is CCC1(CNc2ccc([N+](=O)[O-])cc2S(N)(=O)=O)CC1. The fourth-order valence-electron chi connectivity index (χ4n) is 2.12. The molecule has 1 aromatic rings. The summed E-state index contributed by atoms with van der Waals surface area (Å²) in [6.07, 6.45) is 3.22. The van der Waals surface area contributed by atoms with E-state index in [0.29, 0.717) is 12.2 Å². The molecule has 0 spiro atoms. The molecule has 1 saturated carbocycles. The highest BCUT2D eigenvalue weighted by Crippen LogP contribution is 2.48. The lowest BCUT2D eigenvalue weighted by atomic mass is 10.0. The van der Waals surface area contributed by atoms with E-state index in [9.17, 15) is 18.5 Å². The van der Waals surface area contributed by atoms with Crippen molar-refractivity contribution in [2.45, 2.75) is 31.1 Å². The number of non-ortho nitro benzene ring substituents is 1. The summed E-state index contributed by atoms with van der Waals surface area (Å²) in [5.41, 5.74) is 0.242. The van der Waals surface area contributed by atoms with Crippen molar-refractivity contribution >= 4 is 21.4 Å². The number of nitrogens with one attached hydrogen (secondary N) is 1. The first-order valence-corrected chi connectivity index (χ1v) is 7.87. The van der Waals surface area contributed by atoms with Crippen molar-refractivity contribution in [1.29, 1.82) is 0 Å². The summed E-state index contributed by atoms with van der Waals surface area (Å²) in [5.74, 6) is 0. The zero-order valence-electron chi connectivity index (χ0n) is 11.1. The average molecular weight is 299 g/mol. The molecule has 1 aliphatic rings. The Morgan fingerprint density at radius 2 is 2.10 bits per heavy atom. The van der Waals surface area contributed by atoms with Gasteiger partial charge in [-0.3, -0.25) is 10.1 Å². The number of nitrogens with zero attached hydrogens (tertiary/aromatic N) is 1. The highest BCUT2D eigenvalue weighted by atomic mass is 32.2. The van der Waals surface area contributed by atoms with Crippen LogP contribution in [0.3, 0.4) is 0 Å². The second-order valence-corrected chi connectivity index (χ2v) is 6.72. The molecule has 3 N–H and O–H groups in total. The van der Waals surface area contributed by atoms with E-state index in [-0.39, 0.29) is 16.0 Å². The molecule has 20 heavy (non-hydrogen) atoms. The van der Waals surface area contributed by atoms with Crippen LogP contribution in [0.2, 0.25) is 0 Å². The van der Waals surface area contributed by atoms with Crippen LogP contribution in [0.25, 0.3) is 0 Å². The Balaban J connectivity index is 2.30. The molecular weight excluding hydrogens is 282 g/mol. The second kappa shape index (κ2) is 5.02. The number of anilines is 1. The summed E-state index contributed by atoms with van der Waals surface area (Å²) in [4.78, 5) is 9.83. The smallest absolute Gasteiger partial charge is 0.270 e. The molecule has 1 fully saturated rings. The van der Waals surface area contributed by atoms with Gasteiger partial charge in [0.25, 0.3) is 5.69 Å². The third kappa shape index (κ3) is 3.07. The normalized spacial score (nSPS) is 16.7. The molecule has 7 nitrogen and oxygen atoms in total. The van der Waals surface area contributed by atoms with Crippen LogP contribution in [0.1, 0.15) is 26.2 Å². The maximum Gasteiger partial charge on any atom is 0.270 e. The molecule has 8 heteroatoms. The molecule has 0 heterocycles. The van der Waals surface area contributed by atoms with Gasteiger partial charge in [-0.05, 0) is 30.7 Å². The van der Waals surface area contributed by atoms with Crippen LogP contribution < -0.4 is 10.5 Å². The van der Waals surface area contributed by atoms with Crippen LogP contribution in [0.15, 0.2) is 23.1 Å². The van der Waals surface area contributed by atoms with Gasteiger partial charge in [0.2, 0.25) is 10.0 Å². The lowest BCUT2D eigenvalue weighted by molar-refractivity contribution is -0.385. The summed E-state index contributed by atoms with van der Waals surface area (Å²) in [5, 5.41) is 18.9. The van der Waals surface area contributed by atoms with Crippen molar-refractivity contribution in [3.63, 3.8) is 0 Å². The monoisotopic (exact) mass is 299 g/mol. The first-order chi connectivity index (χ1) is 9.27. The van der Waals surface area contributed by atoms with Crippen LogP contribution in [0.4, 0.5) is 11.4 Å². The molecule has 1 aromatic carbocycles. The topological polar surface area (TPSA) is 115 Å². The molecule has 0 saturated heterocycles. The molecule has 0 bridgehead atoms. The summed E-state index contributed by atoms with van der Waals surface area (Å²) < 4.78 is 23.1. The number of hydrogen-bond donors (Lipinski definition) is 2. The quantitative estimate of drug-likeness (QED) is 0.614. The fourth-order valence-corrected chi connectivity index (χ4v) is 2.85. The van der Waals surface area contributed by atoms with E-state index in [1.807, 2.05) is 0 Å². The van der Waals surface area contributed by atoms with Gasteiger partial charge >= 0.3 is 0 Å². The van der Waals surface area contributed by atoms with E-state index in [2.05, 4.69) is 12.2 Å². The van der Waals surface area contributed by atoms with Crippen molar-refractivity contribution in [3.8, 4) is 0 Å². The summed E-state index contributed by atoms with van der Waals surface area (Å²) in [7, 11) is -4.01. The molecular formula is C12H17N3O4S. The van der Waals surface area contributed by atoms with E-state index >= 15 is 0 Å². The Morgan fingerprint density at radius 1 is 1.45 bits per heavy atom. The molecule has 0 atom stereocenters. The largest absolute Gasteiger partial charge is 0.383 e. The molecule has 0 amide bonds. The van der Waals surface area contributed by atoms with Crippen LogP contribution in [0.5, 0.6) is 0 Å². The lowest BCUT2D eigenvalue weighted by Gasteiger charge is -2.16. The van der Waals surface area contributed by atoms with E-state index < -0.39 is 14.9 Å². The number of nitro groups is 1. The number of sulfonamides is 1. The van der Waals surface area contributed by atoms with E-state index in [4.69, 9.17) is 5.14 Å². The zero-order valence-corrected chi connectivity index (χ0v) is 11.9. The van der Waals surface area contributed by atoms with Crippen LogP contribution in [-0.4, -0.2) is 19.9 Å². The first-order valence-electron chi connectivity index (χ1n) is 6.32. The molecule has 0 aromatic heterocycles. The third-order valence-corrected chi connectivity index (χ3v) is 4.79. The standard InChI is InChI=1S/C12H17N3O4S/c1-2-12(5-6-12)8-14-10-4-3-9(15(16)17)7-11(10)20(13,18)19/h3-4,7,14H,2,5-6,8H2,1H3,(H2,13,18,19). The van der Waals surface area contributed by atoms with Gasteiger partial charge < -0.3 is 5.32 Å². The fraction of sp³-hybridized carbons (Fsp3) is 0.500. The molecule has 0 aliphatic heterocycles. The van der Waals surface area contributed by atoms with Gasteiger partial charge in [0.15, 0.2) is 0 Å². The van der Waals surface area contributed by atoms with E-state index in [0.717, 1.165) is 25.3 Å². The van der Waals surface area contributed by atoms with Crippen molar-refractivity contribution in [3.05, 3.63) is 28.3 Å². The van der Waals surface area contributed by atoms with E-state index in [1.54, 1.807) is 0 Å². The predicted molar refractivity (Wildman–Crippen MR) is 74.9 cm³/mol. The number of benzene rings is 1. The minimum atomic E-state index is -4.01. The van der Waals surface area contributed by atoms with Gasteiger partial charge in [-0.2, -0.15) is 0 Å². The number of rotatable bonds is 6. The third-order valence-electron chi connectivity index (χ3n) is 3.84. The minimum Gasteiger partial charge on any atom is -0.383 e. The molecule has 110 valence electrons. The molecule has 0 unspecified atom stereocenters. The van der Waals surface area contributed by atoms with E-state index in [1.165, 1.54) is 12.1 Å². The number of primary sulfonamides is 1. The van der Waals surface area contributed by atoms with Crippen molar-refractivity contribution < 1.29 is 13.3 Å². The molecule has 2 rings (SSSR count). The van der Waals surface area contributed by atoms with Gasteiger partial charge in [0.05, 0.1) is 10.6 Å². The summed E-state index contributed by atoms with van der Waals surface area (Å²) in [6.45, 7) is 2.73. The maximum atomic E-state index is 11.6. The van der Waals surface area contributed by atoms with Crippen molar-refractivity contribution in [2.24, 2.45) is 10.6 Å². The second-order valence-electron chi connectivity index (χ2n) is 5.19. The highest BCUT2D eigenvalue weighted by molar-refractivity contribution is 7.89. The van der Waals surface area contributed by atoms with Gasteiger partial charge in [0, 0.05) is 18.7 Å². The lowest BCUT2D eigenvalue weighted by Crippen LogP contribution is -2.19. The predicted octanol–water partition coefficient (Wildman–Crippen LogP) is 1.84. The van der Waals surface area contributed by atoms with Crippen molar-refractivity contribution in [1.82, 2.24) is 0 Å². The van der Waals surface area contributed by atoms with Crippen LogP contribution >= 0.6 is 0 Å².